The highest BCUT2D eigenvalue weighted by atomic mass is 35.5. The average Bonchev–Trinajstić information content (AvgIpc) is 3.66. The molecule has 0 radical (unpaired) electrons. The van der Waals surface area contributed by atoms with Crippen LogP contribution in [-0.2, 0) is 21.4 Å². The van der Waals surface area contributed by atoms with Crippen LogP contribution in [0.2, 0.25) is 20.1 Å². The van der Waals surface area contributed by atoms with E-state index < -0.39 is 11.5 Å². The van der Waals surface area contributed by atoms with Crippen molar-refractivity contribution in [2.75, 3.05) is 26.7 Å². The van der Waals surface area contributed by atoms with Gasteiger partial charge in [-0.15, -0.1) is 0 Å². The third-order valence-electron chi connectivity index (χ3n) is 8.14. The highest BCUT2D eigenvalue weighted by Crippen LogP contribution is 2.51. The molecule has 2 aromatic rings. The van der Waals surface area contributed by atoms with Gasteiger partial charge in [-0.25, -0.2) is 0 Å². The normalized spacial score (nSPS) is 24.8. The van der Waals surface area contributed by atoms with E-state index in [9.17, 15) is 9.59 Å². The van der Waals surface area contributed by atoms with E-state index in [0.717, 1.165) is 43.6 Å². The monoisotopic (exact) mass is 567 g/mol. The molecule has 5 nitrogen and oxygen atoms in total. The zero-order valence-electron chi connectivity index (χ0n) is 20.1. The number of carbonyl (C=O) groups is 2. The maximum Gasteiger partial charge on any atom is 0.245 e. The molecule has 6 rings (SSSR count). The molecule has 2 amide bonds. The smallest absolute Gasteiger partial charge is 0.245 e. The van der Waals surface area contributed by atoms with E-state index in [4.69, 9.17) is 46.4 Å². The highest BCUT2D eigenvalue weighted by Gasteiger charge is 2.53. The molecule has 4 aliphatic rings. The lowest BCUT2D eigenvalue weighted by Crippen LogP contribution is -2.61. The Kier molecular flexibility index (Phi) is 7.50. The molecule has 1 saturated carbocycles. The minimum Gasteiger partial charge on any atom is -0.343 e. The third-order valence-corrected chi connectivity index (χ3v) is 9.28. The summed E-state index contributed by atoms with van der Waals surface area (Å²) in [5.41, 5.74) is 0.752. The Hall–Kier alpha value is -1.50. The number of halogens is 4. The van der Waals surface area contributed by atoms with Crippen molar-refractivity contribution in [1.82, 2.24) is 15.1 Å². The van der Waals surface area contributed by atoms with E-state index in [1.54, 1.807) is 24.3 Å². The molecule has 4 fully saturated rings. The second kappa shape index (κ2) is 10.3. The fourth-order valence-electron chi connectivity index (χ4n) is 5.81. The molecule has 3 heterocycles. The van der Waals surface area contributed by atoms with Crippen LogP contribution in [0.25, 0.3) is 0 Å². The van der Waals surface area contributed by atoms with Gasteiger partial charge in [-0.2, -0.15) is 0 Å². The number of nitrogens with one attached hydrogen (secondary N) is 1. The van der Waals surface area contributed by atoms with Crippen molar-refractivity contribution in [3.8, 4) is 0 Å². The molecule has 36 heavy (non-hydrogen) atoms. The first-order chi connectivity index (χ1) is 17.2. The molecule has 1 N–H and O–H groups in total. The summed E-state index contributed by atoms with van der Waals surface area (Å²) in [6, 6.07) is 9.81. The Morgan fingerprint density at radius 1 is 1.03 bits per heavy atom. The van der Waals surface area contributed by atoms with Gasteiger partial charge in [0.2, 0.25) is 11.8 Å². The van der Waals surface area contributed by atoms with E-state index in [-0.39, 0.29) is 24.3 Å². The van der Waals surface area contributed by atoms with Gasteiger partial charge in [-0.05, 0) is 80.1 Å². The number of benzene rings is 2. The van der Waals surface area contributed by atoms with Gasteiger partial charge in [0.1, 0.15) is 6.04 Å². The number of likely N-dealkylation sites (N-methyl/N-ethyl adjacent to an activating group) is 1. The van der Waals surface area contributed by atoms with E-state index in [1.165, 1.54) is 0 Å². The number of rotatable bonds is 7. The van der Waals surface area contributed by atoms with Gasteiger partial charge in [0.15, 0.2) is 0 Å². The Labute approximate surface area is 232 Å². The molecule has 0 aromatic heterocycles. The van der Waals surface area contributed by atoms with Gasteiger partial charge in [0.25, 0.3) is 0 Å². The lowest BCUT2D eigenvalue weighted by atomic mass is 9.83. The predicted octanol–water partition coefficient (Wildman–Crippen LogP) is 5.61. The Morgan fingerprint density at radius 2 is 1.67 bits per heavy atom. The maximum atomic E-state index is 13.9. The SMILES string of the molecule is CN(C(=O)[C@H](Cc1ccc(Cl)cc1Cl)NC(=O)C1(c2ccc(Cl)cc2Cl)CC1)C1CN2CCC1CC2. The molecule has 1 aliphatic carbocycles. The van der Waals surface area contributed by atoms with Crippen molar-refractivity contribution >= 4 is 58.2 Å². The second-order valence-corrected chi connectivity index (χ2v) is 12.0. The summed E-state index contributed by atoms with van der Waals surface area (Å²) in [7, 11) is 1.86. The Balaban J connectivity index is 1.40. The van der Waals surface area contributed by atoms with Crippen LogP contribution in [0.5, 0.6) is 0 Å². The number of carbonyl (C=O) groups excluding carboxylic acids is 2. The van der Waals surface area contributed by atoms with Gasteiger partial charge in [-0.1, -0.05) is 58.5 Å². The van der Waals surface area contributed by atoms with Crippen LogP contribution < -0.4 is 5.32 Å². The van der Waals surface area contributed by atoms with E-state index >= 15 is 0 Å². The number of hydrogen-bond donors (Lipinski definition) is 1. The van der Waals surface area contributed by atoms with Crippen LogP contribution >= 0.6 is 46.4 Å². The summed E-state index contributed by atoms with van der Waals surface area (Å²) in [6.45, 7) is 3.06. The van der Waals surface area contributed by atoms with E-state index in [0.29, 0.717) is 38.9 Å². The first-order valence-electron chi connectivity index (χ1n) is 12.4. The molecule has 2 bridgehead atoms. The number of hydrogen-bond acceptors (Lipinski definition) is 3. The van der Waals surface area contributed by atoms with Crippen LogP contribution in [0.4, 0.5) is 0 Å². The predicted molar refractivity (Wildman–Crippen MR) is 145 cm³/mol. The van der Waals surface area contributed by atoms with Gasteiger partial charge in [0.05, 0.1) is 5.41 Å². The largest absolute Gasteiger partial charge is 0.343 e. The fraction of sp³-hybridized carbons (Fsp3) is 0.481. The highest BCUT2D eigenvalue weighted by molar-refractivity contribution is 6.35. The van der Waals surface area contributed by atoms with E-state index in [1.807, 2.05) is 24.1 Å². The van der Waals surface area contributed by atoms with Crippen LogP contribution in [0.15, 0.2) is 36.4 Å². The number of piperidine rings is 3. The number of fused-ring (bicyclic) bond motifs is 3. The fourth-order valence-corrected chi connectivity index (χ4v) is 6.88. The van der Waals surface area contributed by atoms with Gasteiger partial charge in [-0.3, -0.25) is 9.59 Å². The maximum absolute atomic E-state index is 13.9. The molecule has 0 spiro atoms. The first kappa shape index (κ1) is 26.1. The molecule has 2 aromatic carbocycles. The summed E-state index contributed by atoms with van der Waals surface area (Å²) in [5.74, 6) is 0.186. The molecular formula is C27H29Cl4N3O2. The first-order valence-corrected chi connectivity index (χ1v) is 13.9. The Morgan fingerprint density at radius 3 is 2.22 bits per heavy atom. The van der Waals surface area contributed by atoms with Gasteiger partial charge >= 0.3 is 0 Å². The summed E-state index contributed by atoms with van der Waals surface area (Å²) in [4.78, 5) is 31.9. The second-order valence-electron chi connectivity index (χ2n) is 10.3. The van der Waals surface area contributed by atoms with Crippen molar-refractivity contribution in [2.24, 2.45) is 5.92 Å². The quantitative estimate of drug-likeness (QED) is 0.472. The zero-order valence-corrected chi connectivity index (χ0v) is 23.1. The summed E-state index contributed by atoms with van der Waals surface area (Å²) in [5, 5.41) is 5.06. The van der Waals surface area contributed by atoms with Crippen molar-refractivity contribution in [1.29, 1.82) is 0 Å². The van der Waals surface area contributed by atoms with Crippen LogP contribution in [0, 0.1) is 5.92 Å². The molecule has 1 unspecified atom stereocenters. The number of amides is 2. The van der Waals surface area contributed by atoms with Gasteiger partial charge in [0, 0.05) is 46.1 Å². The van der Waals surface area contributed by atoms with E-state index in [2.05, 4.69) is 10.2 Å². The van der Waals surface area contributed by atoms with Crippen molar-refractivity contribution in [2.45, 2.75) is 49.6 Å². The van der Waals surface area contributed by atoms with Gasteiger partial charge < -0.3 is 15.1 Å². The van der Waals surface area contributed by atoms with Crippen LogP contribution in [-0.4, -0.2) is 60.4 Å². The average molecular weight is 569 g/mol. The lowest BCUT2D eigenvalue weighted by Gasteiger charge is -2.48. The Bertz CT molecular complexity index is 1180. The molecule has 192 valence electrons. The summed E-state index contributed by atoms with van der Waals surface area (Å²) in [6.07, 6.45) is 3.80. The topological polar surface area (TPSA) is 52.7 Å². The standard InChI is InChI=1S/C27H29Cl4N3O2/c1-33(24-15-34-10-6-16(24)7-11-34)25(35)23(12-17-2-3-18(28)13-21(17)30)32-26(36)27(8-9-27)20-5-4-19(29)14-22(20)31/h2-5,13-14,16,23-24H,6-12,15H2,1H3,(H,32,36)/t23-,24?/m0/s1. The molecular weight excluding hydrogens is 540 g/mol. The third kappa shape index (κ3) is 5.10. The zero-order chi connectivity index (χ0) is 25.6. The summed E-state index contributed by atoms with van der Waals surface area (Å²) < 4.78 is 0. The molecule has 9 heteroatoms. The minimum absolute atomic E-state index is 0.105. The summed E-state index contributed by atoms with van der Waals surface area (Å²) >= 11 is 25.1. The molecule has 3 aliphatic heterocycles. The lowest BCUT2D eigenvalue weighted by molar-refractivity contribution is -0.140. The number of nitrogens with zero attached hydrogens (tertiary/aromatic N) is 2. The van der Waals surface area contributed by atoms with Crippen molar-refractivity contribution < 1.29 is 9.59 Å². The van der Waals surface area contributed by atoms with Crippen molar-refractivity contribution in [3.63, 3.8) is 0 Å². The molecule has 2 atom stereocenters. The molecule has 3 saturated heterocycles. The minimum atomic E-state index is -0.764. The van der Waals surface area contributed by atoms with Crippen molar-refractivity contribution in [3.05, 3.63) is 67.6 Å². The van der Waals surface area contributed by atoms with Crippen LogP contribution in [0.3, 0.4) is 0 Å². The van der Waals surface area contributed by atoms with Crippen LogP contribution in [0.1, 0.15) is 36.8 Å².